The van der Waals surface area contributed by atoms with Crippen molar-refractivity contribution >= 4 is 41.0 Å². The van der Waals surface area contributed by atoms with E-state index in [-0.39, 0.29) is 17.2 Å². The van der Waals surface area contributed by atoms with Crippen molar-refractivity contribution in [2.24, 2.45) is 4.99 Å². The number of para-hydroxylation sites is 1. The van der Waals surface area contributed by atoms with E-state index in [0.717, 1.165) is 5.56 Å². The summed E-state index contributed by atoms with van der Waals surface area (Å²) in [6, 6.07) is 19.3. The van der Waals surface area contributed by atoms with Gasteiger partial charge in [0.25, 0.3) is 11.8 Å². The number of benzodiazepines with no additional fused rings is 1. The van der Waals surface area contributed by atoms with Gasteiger partial charge in [-0.2, -0.15) is 0 Å². The van der Waals surface area contributed by atoms with Gasteiger partial charge in [0.05, 0.1) is 11.4 Å². The van der Waals surface area contributed by atoms with Crippen molar-refractivity contribution in [3.05, 3.63) is 95.1 Å². The summed E-state index contributed by atoms with van der Waals surface area (Å²) < 4.78 is 15.6. The summed E-state index contributed by atoms with van der Waals surface area (Å²) in [5, 5.41) is 7.11. The summed E-state index contributed by atoms with van der Waals surface area (Å²) in [4.78, 5) is 55.8. The largest absolute Gasteiger partial charge is 0.352 e. The Kier molecular flexibility index (Phi) is 6.80. The molecule has 40 heavy (non-hydrogen) atoms. The fourth-order valence-electron chi connectivity index (χ4n) is 4.82. The second-order valence-electron chi connectivity index (χ2n) is 9.93. The highest BCUT2D eigenvalue weighted by Crippen LogP contribution is 2.29. The number of fused-ring (bicyclic) bond motifs is 1. The third-order valence-electron chi connectivity index (χ3n) is 7.03. The lowest BCUT2D eigenvalue weighted by Crippen LogP contribution is -2.46. The van der Waals surface area contributed by atoms with E-state index >= 15 is 4.48 Å². The number of imide groups is 1. The Morgan fingerprint density at radius 1 is 1.07 bits per heavy atom. The van der Waals surface area contributed by atoms with E-state index in [9.17, 15) is 19.2 Å². The van der Waals surface area contributed by atoms with E-state index in [0.29, 0.717) is 28.1 Å². The highest BCUT2D eigenvalue weighted by molar-refractivity contribution is 6.20. The summed E-state index contributed by atoms with van der Waals surface area (Å²) >= 11 is 0. The van der Waals surface area contributed by atoms with Crippen LogP contribution >= 0.6 is 0 Å². The van der Waals surface area contributed by atoms with E-state index < -0.39 is 35.6 Å². The maximum atomic E-state index is 15.6. The molecule has 2 atom stereocenters. The number of urea groups is 2. The van der Waals surface area contributed by atoms with E-state index in [1.807, 2.05) is 18.2 Å². The van der Waals surface area contributed by atoms with Crippen molar-refractivity contribution in [3.63, 3.8) is 0 Å². The minimum absolute atomic E-state index is 0.212. The topological polar surface area (TPSA) is 123 Å². The fourth-order valence-corrected chi connectivity index (χ4v) is 4.82. The van der Waals surface area contributed by atoms with Gasteiger partial charge < -0.3 is 15.5 Å². The molecule has 2 aliphatic rings. The third kappa shape index (κ3) is 4.89. The average Bonchev–Trinajstić information content (AvgIpc) is 3.13. The Bertz CT molecular complexity index is 1560. The molecule has 0 saturated carbocycles. The van der Waals surface area contributed by atoms with Crippen molar-refractivity contribution in [2.45, 2.75) is 32.0 Å². The Morgan fingerprint density at radius 2 is 1.77 bits per heavy atom. The molecule has 11 heteroatoms. The Hall–Kier alpha value is -5.06. The first-order chi connectivity index (χ1) is 19.1. The maximum absolute atomic E-state index is 15.6. The SMILES string of the molecule is Cc1cc(NC(=O)N(F)[C@@H]2N=C(c3ccccc3)c3ccccc3N(C)C2=O)ccc1CC1(C)NC(=O)NC1=O. The molecule has 1 unspecified atom stereocenters. The molecule has 0 aliphatic carbocycles. The average molecular weight is 543 g/mol. The molecule has 1 saturated heterocycles. The number of anilines is 2. The number of carbonyl (C=O) groups is 4. The van der Waals surface area contributed by atoms with Gasteiger partial charge in [-0.15, -0.1) is 5.12 Å². The number of benzene rings is 3. The van der Waals surface area contributed by atoms with Crippen LogP contribution in [-0.2, 0) is 16.0 Å². The molecule has 3 N–H and O–H groups in total. The number of nitrogens with zero attached hydrogens (tertiary/aromatic N) is 3. The standard InChI is InChI=1S/C29H27FN6O4/c1-17-15-20(14-13-19(17)16-29(2)26(38)33-27(39)34-29)31-28(40)36(30)24-25(37)35(3)22-12-8-7-11-21(22)23(32-24)18-9-5-4-6-10-18/h4-15,24H,16H2,1-3H3,(H,31,40)(H2,33,34,38,39)/t24-,29?/m0/s1. The number of amides is 6. The number of aryl methyl sites for hydroxylation is 1. The smallest absolute Gasteiger partial charge is 0.323 e. The first kappa shape index (κ1) is 26.5. The van der Waals surface area contributed by atoms with Crippen molar-refractivity contribution in [2.75, 3.05) is 17.3 Å². The molecule has 2 aliphatic heterocycles. The first-order valence-electron chi connectivity index (χ1n) is 12.6. The number of aliphatic imine (C=N–C) groups is 1. The van der Waals surface area contributed by atoms with Gasteiger partial charge in [0.2, 0.25) is 6.17 Å². The molecule has 204 valence electrons. The Labute approximate surface area is 229 Å². The van der Waals surface area contributed by atoms with Gasteiger partial charge in [-0.1, -0.05) is 59.1 Å². The predicted molar refractivity (Wildman–Crippen MR) is 148 cm³/mol. The quantitative estimate of drug-likeness (QED) is 0.336. The summed E-state index contributed by atoms with van der Waals surface area (Å²) in [6.07, 6.45) is -1.54. The summed E-state index contributed by atoms with van der Waals surface area (Å²) in [5.41, 5.74) is 2.86. The van der Waals surface area contributed by atoms with E-state index in [4.69, 9.17) is 0 Å². The van der Waals surface area contributed by atoms with Crippen molar-refractivity contribution in [3.8, 4) is 0 Å². The van der Waals surface area contributed by atoms with E-state index in [1.165, 1.54) is 11.9 Å². The molecule has 0 aromatic heterocycles. The van der Waals surface area contributed by atoms with Gasteiger partial charge in [0, 0.05) is 30.3 Å². The monoisotopic (exact) mass is 542 g/mol. The van der Waals surface area contributed by atoms with Crippen LogP contribution in [0.1, 0.15) is 29.2 Å². The van der Waals surface area contributed by atoms with Crippen LogP contribution in [0, 0.1) is 6.92 Å². The normalized spacial score (nSPS) is 20.2. The minimum atomic E-state index is -1.77. The summed E-state index contributed by atoms with van der Waals surface area (Å²) in [6.45, 7) is 3.39. The molecule has 3 aromatic carbocycles. The van der Waals surface area contributed by atoms with E-state index in [1.54, 1.807) is 68.4 Å². The number of likely N-dealkylation sites (N-methyl/N-ethyl adjacent to an activating group) is 1. The molecule has 10 nitrogen and oxygen atoms in total. The summed E-state index contributed by atoms with van der Waals surface area (Å²) in [7, 11) is 1.51. The maximum Gasteiger partial charge on any atom is 0.352 e. The molecule has 5 rings (SSSR count). The lowest BCUT2D eigenvalue weighted by atomic mass is 9.90. The van der Waals surface area contributed by atoms with Crippen LogP contribution < -0.4 is 20.9 Å². The lowest BCUT2D eigenvalue weighted by Gasteiger charge is -2.24. The van der Waals surface area contributed by atoms with Gasteiger partial charge in [-0.25, -0.2) is 14.6 Å². The molecular weight excluding hydrogens is 515 g/mol. The van der Waals surface area contributed by atoms with Crippen LogP contribution in [0.3, 0.4) is 0 Å². The van der Waals surface area contributed by atoms with Gasteiger partial charge in [0.1, 0.15) is 5.54 Å². The number of halogens is 1. The number of carbonyl (C=O) groups excluding carboxylic acids is 4. The van der Waals surface area contributed by atoms with Crippen LogP contribution in [0.2, 0.25) is 0 Å². The molecule has 1 fully saturated rings. The molecule has 3 aromatic rings. The van der Waals surface area contributed by atoms with Gasteiger partial charge in [0.15, 0.2) is 0 Å². The predicted octanol–water partition coefficient (Wildman–Crippen LogP) is 3.69. The number of hydrogen-bond acceptors (Lipinski definition) is 5. The zero-order chi connectivity index (χ0) is 28.6. The lowest BCUT2D eigenvalue weighted by molar-refractivity contribution is -0.126. The molecule has 6 amide bonds. The highest BCUT2D eigenvalue weighted by Gasteiger charge is 2.42. The molecule has 0 radical (unpaired) electrons. The second-order valence-corrected chi connectivity index (χ2v) is 9.93. The Balaban J connectivity index is 1.39. The number of rotatable bonds is 5. The molecule has 0 spiro atoms. The van der Waals surface area contributed by atoms with Crippen LogP contribution in [0.4, 0.5) is 25.4 Å². The molecule has 2 heterocycles. The van der Waals surface area contributed by atoms with Gasteiger partial charge >= 0.3 is 12.1 Å². The van der Waals surface area contributed by atoms with Crippen LogP contribution in [0.25, 0.3) is 0 Å². The zero-order valence-corrected chi connectivity index (χ0v) is 22.1. The first-order valence-corrected chi connectivity index (χ1v) is 12.6. The molecule has 0 bridgehead atoms. The highest BCUT2D eigenvalue weighted by atomic mass is 19.2. The van der Waals surface area contributed by atoms with Crippen LogP contribution in [-0.4, -0.2) is 53.5 Å². The van der Waals surface area contributed by atoms with Crippen LogP contribution in [0.15, 0.2) is 77.8 Å². The van der Waals surface area contributed by atoms with E-state index in [2.05, 4.69) is 20.9 Å². The molecular formula is C29H27FN6O4. The van der Waals surface area contributed by atoms with Crippen LogP contribution in [0.5, 0.6) is 0 Å². The number of nitrogens with one attached hydrogen (secondary N) is 3. The zero-order valence-electron chi connectivity index (χ0n) is 22.1. The third-order valence-corrected chi connectivity index (χ3v) is 7.03. The van der Waals surface area contributed by atoms with Crippen molar-refractivity contribution < 1.29 is 23.7 Å². The second kappa shape index (κ2) is 10.3. The van der Waals surface area contributed by atoms with Gasteiger partial charge in [-0.05, 0) is 43.2 Å². The number of hydrogen-bond donors (Lipinski definition) is 3. The fraction of sp³-hybridized carbons (Fsp3) is 0.207. The van der Waals surface area contributed by atoms with Gasteiger partial charge in [-0.3, -0.25) is 14.9 Å². The Morgan fingerprint density at radius 3 is 2.45 bits per heavy atom. The minimum Gasteiger partial charge on any atom is -0.323 e. The van der Waals surface area contributed by atoms with Crippen molar-refractivity contribution in [1.82, 2.24) is 15.8 Å². The summed E-state index contributed by atoms with van der Waals surface area (Å²) in [5.74, 6) is -1.15. The van der Waals surface area contributed by atoms with Crippen molar-refractivity contribution in [1.29, 1.82) is 0 Å².